The van der Waals surface area contributed by atoms with Gasteiger partial charge in [-0.3, -0.25) is 4.79 Å². The normalized spacial score (nSPS) is 16.2. The molecule has 6 nitrogen and oxygen atoms in total. The highest BCUT2D eigenvalue weighted by Gasteiger charge is 2.32. The van der Waals surface area contributed by atoms with Gasteiger partial charge < -0.3 is 20.1 Å². The maximum absolute atomic E-state index is 12.8. The van der Waals surface area contributed by atoms with Crippen LogP contribution in [0.5, 0.6) is 5.75 Å². The van der Waals surface area contributed by atoms with E-state index in [-0.39, 0.29) is 11.3 Å². The molecule has 0 bridgehead atoms. The van der Waals surface area contributed by atoms with Crippen molar-refractivity contribution in [3.8, 4) is 5.75 Å². The Morgan fingerprint density at radius 2 is 2.15 bits per heavy atom. The number of hydrogen-bond acceptors (Lipinski definition) is 6. The zero-order chi connectivity index (χ0) is 18.2. The predicted molar refractivity (Wildman–Crippen MR) is 102 cm³/mol. The molecule has 0 atom stereocenters. The van der Waals surface area contributed by atoms with Crippen molar-refractivity contribution in [2.24, 2.45) is 5.41 Å². The van der Waals surface area contributed by atoms with Crippen molar-refractivity contribution in [2.75, 3.05) is 33.4 Å². The highest BCUT2D eigenvalue weighted by atomic mass is 32.1. The van der Waals surface area contributed by atoms with E-state index in [9.17, 15) is 4.79 Å². The lowest BCUT2D eigenvalue weighted by Gasteiger charge is -2.37. The zero-order valence-corrected chi connectivity index (χ0v) is 15.8. The van der Waals surface area contributed by atoms with Crippen LogP contribution in [0.25, 0.3) is 0 Å². The van der Waals surface area contributed by atoms with Crippen molar-refractivity contribution in [1.29, 1.82) is 0 Å². The maximum atomic E-state index is 12.8. The molecule has 0 radical (unpaired) electrons. The van der Waals surface area contributed by atoms with E-state index < -0.39 is 0 Å². The van der Waals surface area contributed by atoms with Crippen LogP contribution in [-0.4, -0.2) is 44.2 Å². The number of nitrogens with one attached hydrogen (secondary N) is 2. The van der Waals surface area contributed by atoms with E-state index in [0.29, 0.717) is 31.1 Å². The molecule has 1 aliphatic rings. The van der Waals surface area contributed by atoms with Crippen LogP contribution in [0.15, 0.2) is 35.2 Å². The molecule has 1 saturated heterocycles. The minimum atomic E-state index is -0.118. The lowest BCUT2D eigenvalue weighted by atomic mass is 9.79. The minimum Gasteiger partial charge on any atom is -0.486 e. The standard InChI is InChI=1S/C19H25N3O3S/c1-24-13-19(6-8-20-9-7-19)12-21-18(23)16-4-2-3-5-17(16)25-10-15-11-26-14-22-15/h2-5,11,14,20H,6-10,12-13H2,1H3,(H,21,23). The van der Waals surface area contributed by atoms with Crippen LogP contribution >= 0.6 is 11.3 Å². The third-order valence-electron chi connectivity index (χ3n) is 4.73. The van der Waals surface area contributed by atoms with Crippen LogP contribution in [0.3, 0.4) is 0 Å². The molecule has 2 N–H and O–H groups in total. The fourth-order valence-electron chi connectivity index (χ4n) is 3.24. The average Bonchev–Trinajstić information content (AvgIpc) is 3.19. The number of benzene rings is 1. The van der Waals surface area contributed by atoms with Crippen molar-refractivity contribution in [3.05, 3.63) is 46.4 Å². The minimum absolute atomic E-state index is 0.00788. The molecular formula is C19H25N3O3S. The molecule has 2 heterocycles. The fraction of sp³-hybridized carbons (Fsp3) is 0.474. The molecule has 3 rings (SSSR count). The molecule has 0 saturated carbocycles. The van der Waals surface area contributed by atoms with Crippen LogP contribution in [0.4, 0.5) is 0 Å². The van der Waals surface area contributed by atoms with E-state index in [1.165, 1.54) is 11.3 Å². The van der Waals surface area contributed by atoms with Gasteiger partial charge in [0, 0.05) is 24.4 Å². The number of carbonyl (C=O) groups is 1. The summed E-state index contributed by atoms with van der Waals surface area (Å²) in [6.45, 7) is 3.50. The second kappa shape index (κ2) is 9.12. The van der Waals surface area contributed by atoms with Crippen molar-refractivity contribution in [2.45, 2.75) is 19.4 Å². The SMILES string of the molecule is COCC1(CNC(=O)c2ccccc2OCc2cscn2)CCNCC1. The summed E-state index contributed by atoms with van der Waals surface area (Å²) in [6.07, 6.45) is 1.98. The summed E-state index contributed by atoms with van der Waals surface area (Å²) in [7, 11) is 1.72. The van der Waals surface area contributed by atoms with Crippen molar-refractivity contribution in [1.82, 2.24) is 15.6 Å². The smallest absolute Gasteiger partial charge is 0.255 e. The van der Waals surface area contributed by atoms with E-state index >= 15 is 0 Å². The average molecular weight is 375 g/mol. The number of aromatic nitrogens is 1. The van der Waals surface area contributed by atoms with Crippen LogP contribution in [-0.2, 0) is 11.3 Å². The Morgan fingerprint density at radius 1 is 1.35 bits per heavy atom. The molecule has 26 heavy (non-hydrogen) atoms. The summed E-state index contributed by atoms with van der Waals surface area (Å²) in [5.74, 6) is 0.456. The molecule has 7 heteroatoms. The summed E-state index contributed by atoms with van der Waals surface area (Å²) in [6, 6.07) is 7.32. The Balaban J connectivity index is 1.63. The zero-order valence-electron chi connectivity index (χ0n) is 15.0. The molecule has 0 spiro atoms. The number of piperidine rings is 1. The fourth-order valence-corrected chi connectivity index (χ4v) is 3.78. The van der Waals surface area contributed by atoms with E-state index in [4.69, 9.17) is 9.47 Å². The van der Waals surface area contributed by atoms with Gasteiger partial charge in [0.2, 0.25) is 0 Å². The molecule has 1 aromatic carbocycles. The summed E-state index contributed by atoms with van der Waals surface area (Å²) in [5, 5.41) is 8.39. The number of nitrogens with zero attached hydrogens (tertiary/aromatic N) is 1. The van der Waals surface area contributed by atoms with Gasteiger partial charge in [-0.05, 0) is 38.1 Å². The van der Waals surface area contributed by atoms with Gasteiger partial charge >= 0.3 is 0 Å². The lowest BCUT2D eigenvalue weighted by molar-refractivity contribution is 0.0511. The second-order valence-electron chi connectivity index (χ2n) is 6.63. The van der Waals surface area contributed by atoms with Gasteiger partial charge in [-0.15, -0.1) is 11.3 Å². The molecule has 1 aliphatic heterocycles. The highest BCUT2D eigenvalue weighted by Crippen LogP contribution is 2.28. The first kappa shape index (κ1) is 18.8. The largest absolute Gasteiger partial charge is 0.486 e. The Morgan fingerprint density at radius 3 is 2.88 bits per heavy atom. The number of para-hydroxylation sites is 1. The van der Waals surface area contributed by atoms with Gasteiger partial charge in [0.15, 0.2) is 0 Å². The van der Waals surface area contributed by atoms with E-state index in [0.717, 1.165) is 31.6 Å². The predicted octanol–water partition coefficient (Wildman–Crippen LogP) is 2.47. The van der Waals surface area contributed by atoms with E-state index in [2.05, 4.69) is 15.6 Å². The van der Waals surface area contributed by atoms with Gasteiger partial charge in [0.25, 0.3) is 5.91 Å². The number of ether oxygens (including phenoxy) is 2. The summed E-state index contributed by atoms with van der Waals surface area (Å²) >= 11 is 1.53. The van der Waals surface area contributed by atoms with Crippen LogP contribution in [0.1, 0.15) is 28.9 Å². The van der Waals surface area contributed by atoms with Gasteiger partial charge in [0.1, 0.15) is 12.4 Å². The first-order valence-electron chi connectivity index (χ1n) is 8.79. The number of methoxy groups -OCH3 is 1. The molecule has 2 aromatic rings. The van der Waals surface area contributed by atoms with E-state index in [1.807, 2.05) is 23.6 Å². The molecule has 1 amide bonds. The Kier molecular flexibility index (Phi) is 6.60. The first-order chi connectivity index (χ1) is 12.7. The molecule has 140 valence electrons. The van der Waals surface area contributed by atoms with Crippen molar-refractivity contribution < 1.29 is 14.3 Å². The maximum Gasteiger partial charge on any atom is 0.255 e. The number of carbonyl (C=O) groups excluding carboxylic acids is 1. The Hall–Kier alpha value is -1.96. The quantitative estimate of drug-likeness (QED) is 0.742. The lowest BCUT2D eigenvalue weighted by Crippen LogP contribution is -2.47. The number of rotatable bonds is 8. The van der Waals surface area contributed by atoms with Gasteiger partial charge in [-0.2, -0.15) is 0 Å². The highest BCUT2D eigenvalue weighted by molar-refractivity contribution is 7.07. The Labute approximate surface area is 157 Å². The first-order valence-corrected chi connectivity index (χ1v) is 9.73. The molecule has 0 aliphatic carbocycles. The van der Waals surface area contributed by atoms with Crippen LogP contribution in [0.2, 0.25) is 0 Å². The third kappa shape index (κ3) is 4.81. The number of thiazole rings is 1. The van der Waals surface area contributed by atoms with Gasteiger partial charge in [0.05, 0.1) is 23.4 Å². The molecule has 0 unspecified atom stereocenters. The molecule has 1 fully saturated rings. The molecule has 1 aromatic heterocycles. The van der Waals surface area contributed by atoms with Gasteiger partial charge in [-0.25, -0.2) is 4.98 Å². The third-order valence-corrected chi connectivity index (χ3v) is 5.36. The van der Waals surface area contributed by atoms with Crippen molar-refractivity contribution in [3.63, 3.8) is 0 Å². The van der Waals surface area contributed by atoms with E-state index in [1.54, 1.807) is 18.7 Å². The second-order valence-corrected chi connectivity index (χ2v) is 7.35. The monoisotopic (exact) mass is 375 g/mol. The topological polar surface area (TPSA) is 72.5 Å². The number of hydrogen-bond donors (Lipinski definition) is 2. The Bertz CT molecular complexity index is 694. The van der Waals surface area contributed by atoms with Gasteiger partial charge in [-0.1, -0.05) is 12.1 Å². The summed E-state index contributed by atoms with van der Waals surface area (Å²) < 4.78 is 11.2. The van der Waals surface area contributed by atoms with Crippen molar-refractivity contribution >= 4 is 17.2 Å². The molecular weight excluding hydrogens is 350 g/mol. The van der Waals surface area contributed by atoms with Crippen LogP contribution in [0, 0.1) is 5.41 Å². The van der Waals surface area contributed by atoms with Crippen LogP contribution < -0.4 is 15.4 Å². The number of amides is 1. The summed E-state index contributed by atoms with van der Waals surface area (Å²) in [5.41, 5.74) is 3.17. The summed E-state index contributed by atoms with van der Waals surface area (Å²) in [4.78, 5) is 17.0.